The average molecular weight is 363 g/mol. The Morgan fingerprint density at radius 3 is 2.04 bits per heavy atom. The molecular weight excluding hydrogens is 324 g/mol. The van der Waals surface area contributed by atoms with E-state index < -0.39 is 5.97 Å². The molecule has 0 saturated heterocycles. The molecule has 26 heavy (non-hydrogen) atoms. The third-order valence-electron chi connectivity index (χ3n) is 4.95. The maximum Gasteiger partial charge on any atom is 0.341 e. The number of rotatable bonds is 15. The molecule has 1 rings (SSSR count). The summed E-state index contributed by atoms with van der Waals surface area (Å²) >= 11 is 0. The quantitative estimate of drug-likeness (QED) is 0.363. The van der Waals surface area contributed by atoms with E-state index >= 15 is 0 Å². The summed E-state index contributed by atoms with van der Waals surface area (Å²) < 4.78 is 5.48. The van der Waals surface area contributed by atoms with E-state index in [1.165, 1.54) is 69.8 Å². The highest BCUT2D eigenvalue weighted by Crippen LogP contribution is 2.27. The van der Waals surface area contributed by atoms with Crippen molar-refractivity contribution in [1.29, 1.82) is 0 Å². The van der Waals surface area contributed by atoms with Gasteiger partial charge in [-0.05, 0) is 42.9 Å². The smallest absolute Gasteiger partial charge is 0.341 e. The summed E-state index contributed by atoms with van der Waals surface area (Å²) in [6, 6.07) is 4.35. The standard InChI is InChI=1S/C23H38O3/c1-4-6-7-8-9-10-11-12-13-14-15-20-16-19(3)23(21(5-2)17-20)26-18-22(24)25/h16-17H,4-15,18H2,1-3H3,(H,24,25). The Morgan fingerprint density at radius 2 is 1.50 bits per heavy atom. The van der Waals surface area contributed by atoms with E-state index in [-0.39, 0.29) is 6.61 Å². The Hall–Kier alpha value is -1.51. The van der Waals surface area contributed by atoms with Crippen LogP contribution in [0.25, 0.3) is 0 Å². The molecule has 0 saturated carbocycles. The lowest BCUT2D eigenvalue weighted by Crippen LogP contribution is -2.11. The van der Waals surface area contributed by atoms with Gasteiger partial charge >= 0.3 is 5.97 Å². The first kappa shape index (κ1) is 22.5. The lowest BCUT2D eigenvalue weighted by atomic mass is 9.98. The van der Waals surface area contributed by atoms with Crippen LogP contribution in [0.4, 0.5) is 0 Å². The lowest BCUT2D eigenvalue weighted by Gasteiger charge is -2.14. The maximum atomic E-state index is 10.7. The molecule has 0 spiro atoms. The highest BCUT2D eigenvalue weighted by Gasteiger charge is 2.10. The van der Waals surface area contributed by atoms with E-state index in [2.05, 4.69) is 26.0 Å². The van der Waals surface area contributed by atoms with E-state index in [1.807, 2.05) is 6.92 Å². The Morgan fingerprint density at radius 1 is 0.923 bits per heavy atom. The second-order valence-electron chi connectivity index (χ2n) is 7.37. The summed E-state index contributed by atoms with van der Waals surface area (Å²) in [6.45, 7) is 6.10. The number of carboxylic acids is 1. The van der Waals surface area contributed by atoms with Crippen molar-refractivity contribution >= 4 is 5.97 Å². The largest absolute Gasteiger partial charge is 0.481 e. The van der Waals surface area contributed by atoms with Crippen LogP contribution < -0.4 is 4.74 Å². The summed E-state index contributed by atoms with van der Waals surface area (Å²) in [4.78, 5) is 10.7. The molecule has 0 aliphatic rings. The molecule has 0 atom stereocenters. The number of carbonyl (C=O) groups is 1. The molecule has 0 amide bonds. The molecule has 1 aromatic carbocycles. The average Bonchev–Trinajstić information content (AvgIpc) is 2.61. The molecule has 0 radical (unpaired) electrons. The molecule has 0 bridgehead atoms. The summed E-state index contributed by atoms with van der Waals surface area (Å²) in [6.07, 6.45) is 15.5. The Labute approximate surface area is 160 Å². The van der Waals surface area contributed by atoms with Crippen molar-refractivity contribution in [2.24, 2.45) is 0 Å². The molecule has 0 aliphatic heterocycles. The number of aliphatic carboxylic acids is 1. The highest BCUT2D eigenvalue weighted by molar-refractivity contribution is 5.68. The predicted molar refractivity (Wildman–Crippen MR) is 109 cm³/mol. The summed E-state index contributed by atoms with van der Waals surface area (Å²) in [7, 11) is 0. The van der Waals surface area contributed by atoms with E-state index in [9.17, 15) is 4.79 Å². The van der Waals surface area contributed by atoms with Crippen molar-refractivity contribution < 1.29 is 14.6 Å². The van der Waals surface area contributed by atoms with Crippen LogP contribution in [0, 0.1) is 6.92 Å². The van der Waals surface area contributed by atoms with E-state index in [0.29, 0.717) is 0 Å². The topological polar surface area (TPSA) is 46.5 Å². The molecular formula is C23H38O3. The van der Waals surface area contributed by atoms with Gasteiger partial charge in [-0.2, -0.15) is 0 Å². The Kier molecular flexibility index (Phi) is 11.8. The summed E-state index contributed by atoms with van der Waals surface area (Å²) in [5.74, 6) is -0.178. The first-order chi connectivity index (χ1) is 12.6. The van der Waals surface area contributed by atoms with Crippen LogP contribution in [0.3, 0.4) is 0 Å². The number of aryl methyl sites for hydroxylation is 3. The number of hydrogen-bond acceptors (Lipinski definition) is 2. The van der Waals surface area contributed by atoms with Crippen molar-refractivity contribution in [3.8, 4) is 5.75 Å². The van der Waals surface area contributed by atoms with E-state index in [1.54, 1.807) is 0 Å². The van der Waals surface area contributed by atoms with Crippen molar-refractivity contribution in [3.05, 3.63) is 28.8 Å². The fraction of sp³-hybridized carbons (Fsp3) is 0.696. The zero-order chi connectivity index (χ0) is 19.2. The first-order valence-corrected chi connectivity index (χ1v) is 10.6. The van der Waals surface area contributed by atoms with Gasteiger partial charge in [0.15, 0.2) is 6.61 Å². The first-order valence-electron chi connectivity index (χ1n) is 10.6. The van der Waals surface area contributed by atoms with Crippen LogP contribution in [-0.2, 0) is 17.6 Å². The Balaban J connectivity index is 2.30. The fourth-order valence-electron chi connectivity index (χ4n) is 3.49. The second-order valence-corrected chi connectivity index (χ2v) is 7.37. The van der Waals surface area contributed by atoms with Gasteiger partial charge in [0.25, 0.3) is 0 Å². The lowest BCUT2D eigenvalue weighted by molar-refractivity contribution is -0.139. The highest BCUT2D eigenvalue weighted by atomic mass is 16.5. The summed E-state index contributed by atoms with van der Waals surface area (Å²) in [5.41, 5.74) is 3.52. The van der Waals surface area contributed by atoms with Crippen LogP contribution in [0.1, 0.15) is 94.7 Å². The zero-order valence-electron chi connectivity index (χ0n) is 17.1. The summed E-state index contributed by atoms with van der Waals surface area (Å²) in [5, 5.41) is 8.82. The molecule has 0 unspecified atom stereocenters. The molecule has 0 aliphatic carbocycles. The van der Waals surface area contributed by atoms with E-state index in [4.69, 9.17) is 9.84 Å². The van der Waals surface area contributed by atoms with Crippen molar-refractivity contribution in [1.82, 2.24) is 0 Å². The van der Waals surface area contributed by atoms with Gasteiger partial charge in [0.2, 0.25) is 0 Å². The van der Waals surface area contributed by atoms with Gasteiger partial charge < -0.3 is 9.84 Å². The third-order valence-corrected chi connectivity index (χ3v) is 4.95. The van der Waals surface area contributed by atoms with Crippen LogP contribution >= 0.6 is 0 Å². The minimum absolute atomic E-state index is 0.272. The molecule has 0 aromatic heterocycles. The maximum absolute atomic E-state index is 10.7. The number of hydrogen-bond donors (Lipinski definition) is 1. The molecule has 3 nitrogen and oxygen atoms in total. The number of unbranched alkanes of at least 4 members (excludes halogenated alkanes) is 9. The minimum atomic E-state index is -0.930. The van der Waals surface area contributed by atoms with Crippen LogP contribution in [-0.4, -0.2) is 17.7 Å². The van der Waals surface area contributed by atoms with Gasteiger partial charge in [-0.1, -0.05) is 83.8 Å². The van der Waals surface area contributed by atoms with Gasteiger partial charge in [-0.25, -0.2) is 4.79 Å². The van der Waals surface area contributed by atoms with Gasteiger partial charge in [0, 0.05) is 0 Å². The van der Waals surface area contributed by atoms with Gasteiger partial charge in [-0.3, -0.25) is 0 Å². The molecule has 3 heteroatoms. The zero-order valence-corrected chi connectivity index (χ0v) is 17.1. The fourth-order valence-corrected chi connectivity index (χ4v) is 3.49. The normalized spacial score (nSPS) is 10.9. The Bertz CT molecular complexity index is 522. The molecule has 148 valence electrons. The molecule has 0 fully saturated rings. The molecule has 1 N–H and O–H groups in total. The van der Waals surface area contributed by atoms with Gasteiger partial charge in [-0.15, -0.1) is 0 Å². The van der Waals surface area contributed by atoms with Gasteiger partial charge in [0.05, 0.1) is 0 Å². The van der Waals surface area contributed by atoms with Gasteiger partial charge in [0.1, 0.15) is 5.75 Å². The van der Waals surface area contributed by atoms with Crippen molar-refractivity contribution in [2.45, 2.75) is 97.8 Å². The number of ether oxygens (including phenoxy) is 1. The number of benzene rings is 1. The molecule has 1 aromatic rings. The van der Waals surface area contributed by atoms with E-state index in [0.717, 1.165) is 29.7 Å². The predicted octanol–water partition coefficient (Wildman–Crippen LogP) is 6.48. The van der Waals surface area contributed by atoms with Crippen molar-refractivity contribution in [2.75, 3.05) is 6.61 Å². The SMILES string of the molecule is CCCCCCCCCCCCc1cc(C)c(OCC(=O)O)c(CC)c1. The third kappa shape index (κ3) is 9.26. The van der Waals surface area contributed by atoms with Crippen LogP contribution in [0.15, 0.2) is 12.1 Å². The van der Waals surface area contributed by atoms with Crippen LogP contribution in [0.2, 0.25) is 0 Å². The minimum Gasteiger partial charge on any atom is -0.481 e. The number of carboxylic acid groups (broad SMARTS) is 1. The van der Waals surface area contributed by atoms with Crippen LogP contribution in [0.5, 0.6) is 5.75 Å². The van der Waals surface area contributed by atoms with Crippen molar-refractivity contribution in [3.63, 3.8) is 0 Å². The monoisotopic (exact) mass is 362 g/mol. The second kappa shape index (κ2) is 13.7. The molecule has 0 heterocycles.